The van der Waals surface area contributed by atoms with E-state index >= 15 is 0 Å². The number of benzene rings is 1. The van der Waals surface area contributed by atoms with Gasteiger partial charge in [-0.3, -0.25) is 9.59 Å². The Balaban J connectivity index is 1.58. The summed E-state index contributed by atoms with van der Waals surface area (Å²) in [6.45, 7) is 0.648. The minimum Gasteiger partial charge on any atom is -0.497 e. The van der Waals surface area contributed by atoms with Crippen molar-refractivity contribution in [3.05, 3.63) is 98.8 Å². The standard InChI is InChI=1S/C25H24N2O4S2/c1-30-19-10-8-18(9-11-19)16-26-25(29)24(22-7-2-12-31-22)27(17-21-6-4-14-33-21)23(28)15-20-5-3-13-32-20/h2-14,24H,15-17H2,1H3,(H,26,29)/t24-/m1/s1. The van der Waals surface area contributed by atoms with Gasteiger partial charge in [0.2, 0.25) is 5.91 Å². The van der Waals surface area contributed by atoms with Crippen LogP contribution in [0.5, 0.6) is 5.75 Å². The van der Waals surface area contributed by atoms with Gasteiger partial charge in [-0.2, -0.15) is 0 Å². The van der Waals surface area contributed by atoms with Crippen molar-refractivity contribution in [2.75, 3.05) is 7.11 Å². The molecular weight excluding hydrogens is 456 g/mol. The van der Waals surface area contributed by atoms with Crippen molar-refractivity contribution in [2.45, 2.75) is 25.6 Å². The summed E-state index contributed by atoms with van der Waals surface area (Å²) >= 11 is 3.08. The Bertz CT molecular complexity index is 1140. The minimum absolute atomic E-state index is 0.133. The van der Waals surface area contributed by atoms with Crippen molar-refractivity contribution in [3.8, 4) is 5.75 Å². The average molecular weight is 481 g/mol. The van der Waals surface area contributed by atoms with Crippen molar-refractivity contribution in [3.63, 3.8) is 0 Å². The van der Waals surface area contributed by atoms with E-state index in [4.69, 9.17) is 9.15 Å². The lowest BCUT2D eigenvalue weighted by molar-refractivity contribution is -0.141. The molecule has 1 N–H and O–H groups in total. The van der Waals surface area contributed by atoms with Gasteiger partial charge in [0.05, 0.1) is 26.3 Å². The molecule has 1 aromatic carbocycles. The van der Waals surface area contributed by atoms with Crippen LogP contribution in [-0.4, -0.2) is 23.8 Å². The second-order valence-corrected chi connectivity index (χ2v) is 9.41. The molecule has 0 unspecified atom stereocenters. The fourth-order valence-corrected chi connectivity index (χ4v) is 4.86. The first-order chi connectivity index (χ1) is 16.1. The van der Waals surface area contributed by atoms with E-state index in [1.807, 2.05) is 59.3 Å². The predicted molar refractivity (Wildman–Crippen MR) is 129 cm³/mol. The van der Waals surface area contributed by atoms with Crippen LogP contribution in [0, 0.1) is 0 Å². The Morgan fingerprint density at radius 3 is 2.33 bits per heavy atom. The van der Waals surface area contributed by atoms with Crippen molar-refractivity contribution >= 4 is 34.5 Å². The number of methoxy groups -OCH3 is 1. The molecule has 0 radical (unpaired) electrons. The van der Waals surface area contributed by atoms with E-state index in [9.17, 15) is 9.59 Å². The Labute approximate surface area is 200 Å². The summed E-state index contributed by atoms with van der Waals surface area (Å²) in [4.78, 5) is 30.4. The van der Waals surface area contributed by atoms with Crippen LogP contribution in [0.4, 0.5) is 0 Å². The highest BCUT2D eigenvalue weighted by atomic mass is 32.1. The number of hydrogen-bond acceptors (Lipinski definition) is 6. The number of rotatable bonds is 10. The number of amides is 2. The summed E-state index contributed by atoms with van der Waals surface area (Å²) in [6, 6.07) is 17.8. The van der Waals surface area contributed by atoms with Crippen molar-refractivity contribution in [1.29, 1.82) is 0 Å². The molecule has 1 atom stereocenters. The van der Waals surface area contributed by atoms with Crippen LogP contribution in [0.1, 0.15) is 27.1 Å². The molecule has 3 aromatic heterocycles. The lowest BCUT2D eigenvalue weighted by Gasteiger charge is -2.29. The number of carbonyl (C=O) groups excluding carboxylic acids is 2. The maximum atomic E-state index is 13.4. The maximum absolute atomic E-state index is 13.4. The molecule has 4 rings (SSSR count). The maximum Gasteiger partial charge on any atom is 0.251 e. The van der Waals surface area contributed by atoms with Crippen LogP contribution in [0.25, 0.3) is 0 Å². The van der Waals surface area contributed by atoms with Crippen LogP contribution in [0.2, 0.25) is 0 Å². The summed E-state index contributed by atoms with van der Waals surface area (Å²) in [5.74, 6) is 0.752. The van der Waals surface area contributed by atoms with Crippen LogP contribution in [0.3, 0.4) is 0 Å². The topological polar surface area (TPSA) is 71.8 Å². The quantitative estimate of drug-likeness (QED) is 0.345. The third kappa shape index (κ3) is 5.91. The lowest BCUT2D eigenvalue weighted by Crippen LogP contribution is -2.43. The highest BCUT2D eigenvalue weighted by molar-refractivity contribution is 7.10. The van der Waals surface area contributed by atoms with Gasteiger partial charge in [0.1, 0.15) is 11.5 Å². The summed E-state index contributed by atoms with van der Waals surface area (Å²) in [5.41, 5.74) is 0.928. The summed E-state index contributed by atoms with van der Waals surface area (Å²) in [7, 11) is 1.61. The van der Waals surface area contributed by atoms with Gasteiger partial charge in [-0.05, 0) is 52.7 Å². The monoisotopic (exact) mass is 480 g/mol. The van der Waals surface area contributed by atoms with E-state index in [0.29, 0.717) is 18.8 Å². The normalized spacial score (nSPS) is 11.7. The first-order valence-corrected chi connectivity index (χ1v) is 12.2. The fourth-order valence-electron chi connectivity index (χ4n) is 3.46. The second kappa shape index (κ2) is 11.0. The lowest BCUT2D eigenvalue weighted by atomic mass is 10.1. The molecule has 0 fully saturated rings. The van der Waals surface area contributed by atoms with Gasteiger partial charge in [0.15, 0.2) is 6.04 Å². The largest absolute Gasteiger partial charge is 0.497 e. The van der Waals surface area contributed by atoms with Crippen LogP contribution < -0.4 is 10.1 Å². The van der Waals surface area contributed by atoms with Crippen molar-refractivity contribution in [2.24, 2.45) is 0 Å². The Hall–Kier alpha value is -3.36. The third-order valence-electron chi connectivity index (χ3n) is 5.13. The average Bonchev–Trinajstić information content (AvgIpc) is 3.62. The number of thiophene rings is 2. The highest BCUT2D eigenvalue weighted by Gasteiger charge is 2.33. The molecule has 0 aliphatic carbocycles. The zero-order valence-corrected chi connectivity index (χ0v) is 19.7. The van der Waals surface area contributed by atoms with Crippen LogP contribution in [-0.2, 0) is 29.1 Å². The Morgan fingerprint density at radius 1 is 1.00 bits per heavy atom. The van der Waals surface area contributed by atoms with Gasteiger partial charge >= 0.3 is 0 Å². The molecule has 0 spiro atoms. The molecule has 0 aliphatic heterocycles. The fraction of sp³-hybridized carbons (Fsp3) is 0.200. The zero-order chi connectivity index (χ0) is 23.0. The predicted octanol–water partition coefficient (Wildman–Crippen LogP) is 5.04. The van der Waals surface area contributed by atoms with E-state index in [0.717, 1.165) is 21.1 Å². The van der Waals surface area contributed by atoms with E-state index in [1.165, 1.54) is 17.6 Å². The molecule has 8 heteroatoms. The molecule has 33 heavy (non-hydrogen) atoms. The third-order valence-corrected chi connectivity index (χ3v) is 6.87. The molecule has 170 valence electrons. The number of nitrogens with one attached hydrogen (secondary N) is 1. The number of carbonyl (C=O) groups is 2. The molecule has 3 heterocycles. The summed E-state index contributed by atoms with van der Waals surface area (Å²) in [5, 5.41) is 6.87. The molecule has 6 nitrogen and oxygen atoms in total. The van der Waals surface area contributed by atoms with E-state index in [2.05, 4.69) is 5.32 Å². The first-order valence-electron chi connectivity index (χ1n) is 10.4. The summed E-state index contributed by atoms with van der Waals surface area (Å²) < 4.78 is 10.8. The van der Waals surface area contributed by atoms with Gasteiger partial charge in [-0.1, -0.05) is 24.3 Å². The molecule has 0 saturated heterocycles. The molecule has 4 aromatic rings. The molecule has 0 aliphatic rings. The Morgan fingerprint density at radius 2 is 1.73 bits per heavy atom. The minimum atomic E-state index is -0.882. The van der Waals surface area contributed by atoms with Gasteiger partial charge < -0.3 is 19.4 Å². The van der Waals surface area contributed by atoms with Crippen molar-refractivity contribution in [1.82, 2.24) is 10.2 Å². The first kappa shape index (κ1) is 22.8. The van der Waals surface area contributed by atoms with Gasteiger partial charge in [-0.15, -0.1) is 22.7 Å². The number of hydrogen-bond donors (Lipinski definition) is 1. The van der Waals surface area contributed by atoms with E-state index in [1.54, 1.807) is 35.5 Å². The number of nitrogens with zero attached hydrogens (tertiary/aromatic N) is 1. The number of furan rings is 1. The molecular formula is C25H24N2O4S2. The smallest absolute Gasteiger partial charge is 0.251 e. The van der Waals surface area contributed by atoms with Crippen LogP contribution in [0.15, 0.2) is 82.1 Å². The number of ether oxygens (including phenoxy) is 1. The molecule has 2 amide bonds. The highest BCUT2D eigenvalue weighted by Crippen LogP contribution is 2.27. The summed E-state index contributed by atoms with van der Waals surface area (Å²) in [6.07, 6.45) is 1.75. The zero-order valence-electron chi connectivity index (χ0n) is 18.1. The molecule has 0 bridgehead atoms. The Kier molecular flexibility index (Phi) is 7.59. The van der Waals surface area contributed by atoms with Gasteiger partial charge in [0, 0.05) is 16.3 Å². The van der Waals surface area contributed by atoms with Gasteiger partial charge in [0.25, 0.3) is 5.91 Å². The molecule has 0 saturated carbocycles. The van der Waals surface area contributed by atoms with E-state index < -0.39 is 6.04 Å². The van der Waals surface area contributed by atoms with Gasteiger partial charge in [-0.25, -0.2) is 0 Å². The second-order valence-electron chi connectivity index (χ2n) is 7.34. The van der Waals surface area contributed by atoms with E-state index in [-0.39, 0.29) is 18.2 Å². The SMILES string of the molecule is COc1ccc(CNC(=O)[C@@H](c2ccco2)N(Cc2cccs2)C(=O)Cc2cccs2)cc1. The van der Waals surface area contributed by atoms with Crippen LogP contribution >= 0.6 is 22.7 Å². The van der Waals surface area contributed by atoms with Crippen molar-refractivity contribution < 1.29 is 18.7 Å².